The smallest absolute Gasteiger partial charge is 0.411 e. The van der Waals surface area contributed by atoms with E-state index in [0.29, 0.717) is 6.29 Å². The van der Waals surface area contributed by atoms with Gasteiger partial charge in [0.25, 0.3) is 0 Å². The van der Waals surface area contributed by atoms with Crippen LogP contribution in [0.1, 0.15) is 33.3 Å². The SMILES string of the molecule is CN(C(=O)OC(C)(C)C)C(C)(C=O)c1c(F)ccc(F)c1Cl. The van der Waals surface area contributed by atoms with Crippen molar-refractivity contribution in [2.24, 2.45) is 0 Å². The average molecular weight is 334 g/mol. The predicted octanol–water partition coefficient (Wildman–Crippen LogP) is 3.90. The zero-order chi connectivity index (χ0) is 17.3. The van der Waals surface area contributed by atoms with E-state index in [2.05, 4.69) is 0 Å². The normalized spacial score (nSPS) is 14.2. The van der Waals surface area contributed by atoms with Gasteiger partial charge in [-0.05, 0) is 39.8 Å². The summed E-state index contributed by atoms with van der Waals surface area (Å²) in [5.74, 6) is -1.78. The number of hydrogen-bond donors (Lipinski definition) is 0. The number of hydrogen-bond acceptors (Lipinski definition) is 3. The molecular weight excluding hydrogens is 316 g/mol. The lowest BCUT2D eigenvalue weighted by Gasteiger charge is -2.36. The van der Waals surface area contributed by atoms with E-state index in [4.69, 9.17) is 16.3 Å². The lowest BCUT2D eigenvalue weighted by atomic mass is 9.91. The molecule has 7 heteroatoms. The first-order chi connectivity index (χ1) is 9.94. The zero-order valence-electron chi connectivity index (χ0n) is 13.0. The van der Waals surface area contributed by atoms with Crippen LogP contribution in [0.5, 0.6) is 0 Å². The second-order valence-electron chi connectivity index (χ2n) is 6.02. The maximum absolute atomic E-state index is 14.1. The Balaban J connectivity index is 3.36. The molecule has 0 bridgehead atoms. The Bertz CT molecular complexity index is 601. The summed E-state index contributed by atoms with van der Waals surface area (Å²) < 4.78 is 32.8. The molecule has 0 radical (unpaired) electrons. The molecule has 0 saturated heterocycles. The summed E-state index contributed by atoms with van der Waals surface area (Å²) in [6.07, 6.45) is -0.539. The van der Waals surface area contributed by atoms with E-state index >= 15 is 0 Å². The van der Waals surface area contributed by atoms with E-state index in [1.54, 1.807) is 20.8 Å². The first-order valence-electron chi connectivity index (χ1n) is 6.51. The van der Waals surface area contributed by atoms with Crippen molar-refractivity contribution in [2.45, 2.75) is 38.8 Å². The van der Waals surface area contributed by atoms with Crippen molar-refractivity contribution in [1.82, 2.24) is 4.90 Å². The number of benzene rings is 1. The second kappa shape index (κ2) is 6.20. The lowest BCUT2D eigenvalue weighted by molar-refractivity contribution is -0.117. The Kier molecular flexibility index (Phi) is 5.18. The van der Waals surface area contributed by atoms with Crippen LogP contribution in [0.4, 0.5) is 13.6 Å². The van der Waals surface area contributed by atoms with Gasteiger partial charge >= 0.3 is 6.09 Å². The van der Waals surface area contributed by atoms with Crippen LogP contribution in [-0.4, -0.2) is 29.9 Å². The summed E-state index contributed by atoms with van der Waals surface area (Å²) in [7, 11) is 1.25. The Hall–Kier alpha value is -1.69. The molecule has 0 saturated carbocycles. The molecule has 1 atom stereocenters. The number of ether oxygens (including phenoxy) is 1. The summed E-state index contributed by atoms with van der Waals surface area (Å²) in [4.78, 5) is 24.6. The fraction of sp³-hybridized carbons (Fsp3) is 0.467. The molecule has 1 aromatic carbocycles. The van der Waals surface area contributed by atoms with Crippen LogP contribution in [-0.2, 0) is 15.1 Å². The van der Waals surface area contributed by atoms with Crippen LogP contribution in [0.25, 0.3) is 0 Å². The Labute approximate surface area is 133 Å². The monoisotopic (exact) mass is 333 g/mol. The topological polar surface area (TPSA) is 46.6 Å². The van der Waals surface area contributed by atoms with Crippen LogP contribution < -0.4 is 0 Å². The van der Waals surface area contributed by atoms with Crippen molar-refractivity contribution >= 4 is 24.0 Å². The Morgan fingerprint density at radius 1 is 1.23 bits per heavy atom. The highest BCUT2D eigenvalue weighted by Crippen LogP contribution is 2.35. The molecule has 4 nitrogen and oxygen atoms in total. The van der Waals surface area contributed by atoms with Crippen molar-refractivity contribution in [1.29, 1.82) is 0 Å². The van der Waals surface area contributed by atoms with Gasteiger partial charge in [-0.2, -0.15) is 0 Å². The van der Waals surface area contributed by atoms with Gasteiger partial charge in [0.1, 0.15) is 29.1 Å². The van der Waals surface area contributed by atoms with E-state index < -0.39 is 39.5 Å². The van der Waals surface area contributed by atoms with Gasteiger partial charge in [0.05, 0.1) is 5.02 Å². The Morgan fingerprint density at radius 2 is 1.73 bits per heavy atom. The molecule has 0 N–H and O–H groups in total. The molecule has 0 aliphatic rings. The second-order valence-corrected chi connectivity index (χ2v) is 6.40. The van der Waals surface area contributed by atoms with E-state index in [1.165, 1.54) is 14.0 Å². The number of halogens is 3. The van der Waals surface area contributed by atoms with E-state index in [0.717, 1.165) is 17.0 Å². The first-order valence-corrected chi connectivity index (χ1v) is 6.89. The molecule has 1 aromatic rings. The molecule has 1 unspecified atom stereocenters. The largest absolute Gasteiger partial charge is 0.444 e. The number of carbonyl (C=O) groups excluding carboxylic acids is 2. The van der Waals surface area contributed by atoms with Gasteiger partial charge in [0, 0.05) is 12.6 Å². The highest BCUT2D eigenvalue weighted by molar-refractivity contribution is 6.31. The van der Waals surface area contributed by atoms with Crippen molar-refractivity contribution in [2.75, 3.05) is 7.05 Å². The highest BCUT2D eigenvalue weighted by atomic mass is 35.5. The molecule has 1 amide bonds. The molecule has 22 heavy (non-hydrogen) atoms. The van der Waals surface area contributed by atoms with Crippen LogP contribution in [0.3, 0.4) is 0 Å². The van der Waals surface area contributed by atoms with Crippen molar-refractivity contribution in [3.8, 4) is 0 Å². The van der Waals surface area contributed by atoms with Gasteiger partial charge in [0.2, 0.25) is 0 Å². The molecule has 1 rings (SSSR count). The molecular formula is C15H18ClF2NO3. The van der Waals surface area contributed by atoms with Gasteiger partial charge in [0.15, 0.2) is 0 Å². The number of carbonyl (C=O) groups is 2. The van der Waals surface area contributed by atoms with E-state index in [-0.39, 0.29) is 0 Å². The minimum absolute atomic E-state index is 0.320. The highest BCUT2D eigenvalue weighted by Gasteiger charge is 2.41. The summed E-state index contributed by atoms with van der Waals surface area (Å²) in [5, 5.41) is -0.551. The third-order valence-electron chi connectivity index (χ3n) is 3.14. The van der Waals surface area contributed by atoms with Gasteiger partial charge in [-0.15, -0.1) is 0 Å². The molecule has 0 aliphatic carbocycles. The molecule has 0 aromatic heterocycles. The van der Waals surface area contributed by atoms with Crippen LogP contribution in [0.15, 0.2) is 12.1 Å². The first kappa shape index (κ1) is 18.4. The summed E-state index contributed by atoms with van der Waals surface area (Å²) in [6.45, 7) is 6.19. The van der Waals surface area contributed by atoms with Crippen molar-refractivity contribution in [3.63, 3.8) is 0 Å². The molecule has 0 heterocycles. The third kappa shape index (κ3) is 3.55. The molecule has 122 valence electrons. The third-order valence-corrected chi connectivity index (χ3v) is 3.51. The molecule has 0 fully saturated rings. The minimum atomic E-state index is -1.81. The average Bonchev–Trinajstić information content (AvgIpc) is 2.40. The van der Waals surface area contributed by atoms with E-state index in [9.17, 15) is 18.4 Å². The van der Waals surface area contributed by atoms with Gasteiger partial charge in [-0.3, -0.25) is 4.90 Å². The van der Waals surface area contributed by atoms with Crippen molar-refractivity contribution < 1.29 is 23.1 Å². The standard InChI is InChI=1S/C15H18ClF2NO3/c1-14(2,3)22-13(21)19(5)15(4,8-20)11-9(17)6-7-10(18)12(11)16/h6-8H,1-5H3. The quantitative estimate of drug-likeness (QED) is 0.622. The summed E-state index contributed by atoms with van der Waals surface area (Å²) >= 11 is 5.79. The minimum Gasteiger partial charge on any atom is -0.444 e. The summed E-state index contributed by atoms with van der Waals surface area (Å²) in [5.41, 5.74) is -3.04. The zero-order valence-corrected chi connectivity index (χ0v) is 13.8. The number of amides is 1. The molecule has 0 spiro atoms. The molecule has 0 aliphatic heterocycles. The van der Waals surface area contributed by atoms with Crippen molar-refractivity contribution in [3.05, 3.63) is 34.4 Å². The van der Waals surface area contributed by atoms with Gasteiger partial charge in [-0.1, -0.05) is 11.6 Å². The number of likely N-dealkylation sites (N-methyl/N-ethyl adjacent to an activating group) is 1. The number of rotatable bonds is 3. The predicted molar refractivity (Wildman–Crippen MR) is 78.8 cm³/mol. The maximum Gasteiger partial charge on any atom is 0.411 e. The van der Waals surface area contributed by atoms with Crippen LogP contribution in [0.2, 0.25) is 5.02 Å². The van der Waals surface area contributed by atoms with Crippen LogP contribution in [0, 0.1) is 11.6 Å². The lowest BCUT2D eigenvalue weighted by Crippen LogP contribution is -2.49. The number of nitrogens with zero attached hydrogens (tertiary/aromatic N) is 1. The van der Waals surface area contributed by atoms with Crippen LogP contribution >= 0.6 is 11.6 Å². The Morgan fingerprint density at radius 3 is 2.18 bits per heavy atom. The number of aldehydes is 1. The van der Waals surface area contributed by atoms with E-state index in [1.807, 2.05) is 0 Å². The fourth-order valence-electron chi connectivity index (χ4n) is 1.82. The fourth-order valence-corrected chi connectivity index (χ4v) is 2.16. The van der Waals surface area contributed by atoms with Gasteiger partial charge < -0.3 is 9.53 Å². The van der Waals surface area contributed by atoms with Gasteiger partial charge in [-0.25, -0.2) is 13.6 Å². The summed E-state index contributed by atoms with van der Waals surface area (Å²) in [6, 6.07) is 1.70. The maximum atomic E-state index is 14.1.